The van der Waals surface area contributed by atoms with Gasteiger partial charge in [0.15, 0.2) is 0 Å². The van der Waals surface area contributed by atoms with Crippen LogP contribution in [0.1, 0.15) is 37.6 Å². The van der Waals surface area contributed by atoms with Gasteiger partial charge in [-0.15, -0.1) is 0 Å². The van der Waals surface area contributed by atoms with Gasteiger partial charge in [-0.2, -0.15) is 5.10 Å². The maximum absolute atomic E-state index is 12.1. The first-order valence-electron chi connectivity index (χ1n) is 6.37. The molecule has 1 N–H and O–H groups in total. The number of carbonyl (C=O) groups excluding carboxylic acids is 1. The molecule has 2 heterocycles. The molecule has 6 nitrogen and oxygen atoms in total. The molecule has 0 aromatic carbocycles. The largest absolute Gasteiger partial charge is 0.481 e. The normalized spacial score (nSPS) is 23.4. The average molecular weight is 265 g/mol. The van der Waals surface area contributed by atoms with Crippen molar-refractivity contribution in [2.45, 2.75) is 39.3 Å². The Morgan fingerprint density at radius 2 is 2.16 bits per heavy atom. The van der Waals surface area contributed by atoms with E-state index in [1.165, 1.54) is 0 Å². The molecule has 1 aliphatic heterocycles. The molecule has 6 heteroatoms. The summed E-state index contributed by atoms with van der Waals surface area (Å²) in [7, 11) is 1.81. The number of carbonyl (C=O) groups is 2. The molecule has 2 unspecified atom stereocenters. The van der Waals surface area contributed by atoms with Gasteiger partial charge in [0, 0.05) is 30.8 Å². The van der Waals surface area contributed by atoms with Crippen LogP contribution in [0.5, 0.6) is 0 Å². The van der Waals surface area contributed by atoms with Crippen LogP contribution in [0.3, 0.4) is 0 Å². The van der Waals surface area contributed by atoms with Crippen molar-refractivity contribution in [2.24, 2.45) is 13.0 Å². The maximum Gasteiger partial charge on any atom is 0.309 e. The summed E-state index contributed by atoms with van der Waals surface area (Å²) >= 11 is 0. The second-order valence-electron chi connectivity index (χ2n) is 5.30. The van der Waals surface area contributed by atoms with Crippen molar-refractivity contribution in [3.05, 3.63) is 17.5 Å². The number of carboxylic acids is 1. The molecule has 1 amide bonds. The average Bonchev–Trinajstić information content (AvgIpc) is 2.81. The minimum absolute atomic E-state index is 0.0264. The quantitative estimate of drug-likeness (QED) is 0.888. The van der Waals surface area contributed by atoms with Crippen LogP contribution in [0.25, 0.3) is 0 Å². The Bertz CT molecular complexity index is 521. The third-order valence-corrected chi connectivity index (χ3v) is 3.83. The van der Waals surface area contributed by atoms with E-state index in [4.69, 9.17) is 0 Å². The lowest BCUT2D eigenvalue weighted by atomic mass is 9.94. The molecule has 0 aliphatic carbocycles. The summed E-state index contributed by atoms with van der Waals surface area (Å²) in [4.78, 5) is 25.1. The fourth-order valence-electron chi connectivity index (χ4n) is 2.76. The monoisotopic (exact) mass is 265 g/mol. The van der Waals surface area contributed by atoms with Crippen LogP contribution >= 0.6 is 0 Å². The van der Waals surface area contributed by atoms with Crippen molar-refractivity contribution < 1.29 is 14.7 Å². The topological polar surface area (TPSA) is 75.4 Å². The lowest BCUT2D eigenvalue weighted by Crippen LogP contribution is -2.36. The maximum atomic E-state index is 12.1. The molecule has 19 heavy (non-hydrogen) atoms. The minimum atomic E-state index is -0.926. The van der Waals surface area contributed by atoms with Crippen molar-refractivity contribution in [2.75, 3.05) is 0 Å². The second kappa shape index (κ2) is 4.68. The smallest absolute Gasteiger partial charge is 0.309 e. The molecule has 1 fully saturated rings. The fourth-order valence-corrected chi connectivity index (χ4v) is 2.76. The third kappa shape index (κ3) is 2.11. The van der Waals surface area contributed by atoms with E-state index >= 15 is 0 Å². The molecular weight excluding hydrogens is 246 g/mol. The number of hydrogen-bond donors (Lipinski definition) is 1. The van der Waals surface area contributed by atoms with Crippen molar-refractivity contribution in [1.29, 1.82) is 0 Å². The highest BCUT2D eigenvalue weighted by atomic mass is 16.4. The Morgan fingerprint density at radius 3 is 2.58 bits per heavy atom. The van der Waals surface area contributed by atoms with E-state index in [0.717, 1.165) is 11.3 Å². The van der Waals surface area contributed by atoms with Crippen LogP contribution in [-0.2, 0) is 16.6 Å². The van der Waals surface area contributed by atoms with Gasteiger partial charge in [0.2, 0.25) is 5.91 Å². The molecule has 2 atom stereocenters. The van der Waals surface area contributed by atoms with E-state index in [-0.39, 0.29) is 18.4 Å². The highest BCUT2D eigenvalue weighted by Crippen LogP contribution is 2.40. The number of nitrogens with zero attached hydrogens (tertiary/aromatic N) is 3. The van der Waals surface area contributed by atoms with Crippen LogP contribution in [0.4, 0.5) is 0 Å². The van der Waals surface area contributed by atoms with E-state index in [1.54, 1.807) is 15.8 Å². The minimum Gasteiger partial charge on any atom is -0.481 e. The van der Waals surface area contributed by atoms with Gasteiger partial charge in [-0.05, 0) is 20.8 Å². The lowest BCUT2D eigenvalue weighted by molar-refractivity contribution is -0.142. The fraction of sp³-hybridized carbons (Fsp3) is 0.615. The summed E-state index contributed by atoms with van der Waals surface area (Å²) < 4.78 is 1.70. The summed E-state index contributed by atoms with van der Waals surface area (Å²) in [6, 6.07) is -0.444. The summed E-state index contributed by atoms with van der Waals surface area (Å²) in [5.74, 6) is -1.72. The number of amides is 1. The van der Waals surface area contributed by atoms with Crippen molar-refractivity contribution in [3.8, 4) is 0 Å². The van der Waals surface area contributed by atoms with E-state index in [9.17, 15) is 14.7 Å². The first-order chi connectivity index (χ1) is 8.84. The highest BCUT2D eigenvalue weighted by molar-refractivity contribution is 5.87. The molecule has 0 spiro atoms. The van der Waals surface area contributed by atoms with Gasteiger partial charge in [-0.3, -0.25) is 14.3 Å². The van der Waals surface area contributed by atoms with E-state index < -0.39 is 17.9 Å². The molecule has 0 saturated carbocycles. The number of likely N-dealkylation sites (tertiary alicyclic amines) is 1. The standard InChI is InChI=1S/C13H19N3O3/c1-7(2)16-11(17)5-9(13(18)19)12(16)10-6-14-15(4)8(10)3/h6-7,9,12H,5H2,1-4H3,(H,18,19). The van der Waals surface area contributed by atoms with E-state index in [2.05, 4.69) is 5.10 Å². The Labute approximate surface area is 112 Å². The summed E-state index contributed by atoms with van der Waals surface area (Å²) in [5.41, 5.74) is 1.73. The van der Waals surface area contributed by atoms with Gasteiger partial charge < -0.3 is 10.0 Å². The van der Waals surface area contributed by atoms with E-state index in [0.29, 0.717) is 0 Å². The molecule has 104 valence electrons. The number of hydrogen-bond acceptors (Lipinski definition) is 3. The Morgan fingerprint density at radius 1 is 1.53 bits per heavy atom. The number of carboxylic acid groups (broad SMARTS) is 1. The van der Waals surface area contributed by atoms with Gasteiger partial charge in [0.1, 0.15) is 0 Å². The van der Waals surface area contributed by atoms with Crippen molar-refractivity contribution in [3.63, 3.8) is 0 Å². The second-order valence-corrected chi connectivity index (χ2v) is 5.30. The summed E-state index contributed by atoms with van der Waals surface area (Å²) in [6.45, 7) is 5.70. The number of aliphatic carboxylic acids is 1. The van der Waals surface area contributed by atoms with Crippen LogP contribution in [-0.4, -0.2) is 37.7 Å². The first-order valence-corrected chi connectivity index (χ1v) is 6.37. The van der Waals surface area contributed by atoms with Gasteiger partial charge in [-0.25, -0.2) is 0 Å². The van der Waals surface area contributed by atoms with Crippen molar-refractivity contribution >= 4 is 11.9 Å². The van der Waals surface area contributed by atoms with Crippen molar-refractivity contribution in [1.82, 2.24) is 14.7 Å². The lowest BCUT2D eigenvalue weighted by Gasteiger charge is -2.30. The first kappa shape index (κ1) is 13.6. The molecule has 0 radical (unpaired) electrons. The molecule has 1 saturated heterocycles. The predicted octanol–water partition coefficient (Wildman–Crippen LogP) is 1.11. The molecule has 1 aliphatic rings. The van der Waals surface area contributed by atoms with Gasteiger partial charge in [0.05, 0.1) is 18.2 Å². The van der Waals surface area contributed by atoms with Crippen LogP contribution in [0.15, 0.2) is 6.20 Å². The zero-order valence-corrected chi connectivity index (χ0v) is 11.6. The van der Waals surface area contributed by atoms with E-state index in [1.807, 2.05) is 27.8 Å². The Hall–Kier alpha value is -1.85. The highest BCUT2D eigenvalue weighted by Gasteiger charge is 2.46. The van der Waals surface area contributed by atoms with Crippen LogP contribution in [0.2, 0.25) is 0 Å². The zero-order valence-electron chi connectivity index (χ0n) is 11.6. The van der Waals surface area contributed by atoms with Crippen LogP contribution in [0, 0.1) is 12.8 Å². The van der Waals surface area contributed by atoms with Crippen LogP contribution < -0.4 is 0 Å². The molecule has 1 aromatic heterocycles. The Kier molecular flexibility index (Phi) is 3.34. The molecule has 2 rings (SSSR count). The van der Waals surface area contributed by atoms with Gasteiger partial charge >= 0.3 is 5.97 Å². The number of rotatable bonds is 3. The summed E-state index contributed by atoms with van der Waals surface area (Å²) in [5, 5.41) is 13.5. The third-order valence-electron chi connectivity index (χ3n) is 3.83. The number of aryl methyl sites for hydroxylation is 1. The van der Waals surface area contributed by atoms with Gasteiger partial charge in [0.25, 0.3) is 0 Å². The zero-order chi connectivity index (χ0) is 14.3. The number of aromatic nitrogens is 2. The molecular formula is C13H19N3O3. The van der Waals surface area contributed by atoms with Gasteiger partial charge in [-0.1, -0.05) is 0 Å². The SMILES string of the molecule is Cc1c(C2C(C(=O)O)CC(=O)N2C(C)C)cnn1C. The summed E-state index contributed by atoms with van der Waals surface area (Å²) in [6.07, 6.45) is 1.73. The molecule has 1 aromatic rings. The Balaban J connectivity index is 2.49. The molecule has 0 bridgehead atoms. The predicted molar refractivity (Wildman–Crippen MR) is 68.4 cm³/mol.